The number of methoxy groups -OCH3 is 1. The Labute approximate surface area is 113 Å². The third-order valence-corrected chi connectivity index (χ3v) is 2.74. The molecule has 0 heterocycles. The number of carbonyl (C=O) groups excluding carboxylic acids is 2. The molecule has 2 N–H and O–H groups in total. The Balaban J connectivity index is 2.75. The molecule has 0 spiro atoms. The molecule has 0 saturated heterocycles. The number of primary amides is 1. The highest BCUT2D eigenvalue weighted by molar-refractivity contribution is 5.92. The van der Waals surface area contributed by atoms with Crippen LogP contribution in [0.5, 0.6) is 0 Å². The van der Waals surface area contributed by atoms with Crippen molar-refractivity contribution < 1.29 is 14.3 Å². The number of nitrogens with two attached hydrogens (primary N) is 1. The lowest BCUT2D eigenvalue weighted by molar-refractivity contribution is -0.142. The van der Waals surface area contributed by atoms with Crippen molar-refractivity contribution in [1.29, 1.82) is 0 Å². The summed E-state index contributed by atoms with van der Waals surface area (Å²) in [5.41, 5.74) is 6.68. The third kappa shape index (κ3) is 5.09. The van der Waals surface area contributed by atoms with Crippen LogP contribution in [0.4, 0.5) is 0 Å². The van der Waals surface area contributed by atoms with Gasteiger partial charge in [0.05, 0.1) is 13.7 Å². The molecule has 0 atom stereocenters. The molecule has 1 aromatic rings. The summed E-state index contributed by atoms with van der Waals surface area (Å²) in [5, 5.41) is 0. The van der Waals surface area contributed by atoms with Gasteiger partial charge in [0.2, 0.25) is 5.91 Å². The van der Waals surface area contributed by atoms with E-state index in [1.807, 2.05) is 17.9 Å². The fourth-order valence-electron chi connectivity index (χ4n) is 1.86. The van der Waals surface area contributed by atoms with E-state index in [2.05, 4.69) is 4.74 Å². The zero-order valence-corrected chi connectivity index (χ0v) is 11.4. The number of benzene rings is 1. The van der Waals surface area contributed by atoms with Gasteiger partial charge in [0.25, 0.3) is 0 Å². The molecule has 0 aromatic heterocycles. The average Bonchev–Trinajstić information content (AvgIpc) is 2.39. The highest BCUT2D eigenvalue weighted by Crippen LogP contribution is 2.09. The van der Waals surface area contributed by atoms with Crippen molar-refractivity contribution >= 4 is 11.9 Å². The average molecular weight is 264 g/mol. The highest BCUT2D eigenvalue weighted by atomic mass is 16.5. The minimum atomic E-state index is -0.447. The Morgan fingerprint density at radius 2 is 2.11 bits per heavy atom. The number of nitrogens with zero attached hydrogens (tertiary/aromatic N) is 1. The normalized spacial score (nSPS) is 10.5. The van der Waals surface area contributed by atoms with E-state index in [4.69, 9.17) is 5.73 Å². The first kappa shape index (κ1) is 15.2. The van der Waals surface area contributed by atoms with Crippen LogP contribution >= 0.6 is 0 Å². The predicted molar refractivity (Wildman–Crippen MR) is 72.5 cm³/mol. The number of amides is 1. The molecule has 0 bridgehead atoms. The second kappa shape index (κ2) is 7.53. The maximum absolute atomic E-state index is 11.3. The largest absolute Gasteiger partial charge is 0.468 e. The number of esters is 1. The van der Waals surface area contributed by atoms with Gasteiger partial charge in [-0.15, -0.1) is 0 Å². The fraction of sp³-hybridized carbons (Fsp3) is 0.429. The third-order valence-electron chi connectivity index (χ3n) is 2.74. The van der Waals surface area contributed by atoms with Crippen molar-refractivity contribution in [2.24, 2.45) is 5.73 Å². The fourth-order valence-corrected chi connectivity index (χ4v) is 1.86. The van der Waals surface area contributed by atoms with Crippen LogP contribution in [0.2, 0.25) is 0 Å². The zero-order valence-electron chi connectivity index (χ0n) is 11.4. The van der Waals surface area contributed by atoms with Gasteiger partial charge in [-0.05, 0) is 30.7 Å². The zero-order chi connectivity index (χ0) is 14.3. The standard InChI is InChI=1S/C14H20N2O3/c1-3-7-16(10-13(17)19-2)9-11-5-4-6-12(8-11)14(15)18/h4-6,8H,3,7,9-10H2,1-2H3,(H2,15,18). The van der Waals surface area contributed by atoms with Crippen molar-refractivity contribution in [3.63, 3.8) is 0 Å². The topological polar surface area (TPSA) is 72.6 Å². The van der Waals surface area contributed by atoms with Gasteiger partial charge in [-0.25, -0.2) is 0 Å². The molecule has 1 rings (SSSR count). The summed E-state index contributed by atoms with van der Waals surface area (Å²) >= 11 is 0. The lowest BCUT2D eigenvalue weighted by atomic mass is 10.1. The van der Waals surface area contributed by atoms with Crippen molar-refractivity contribution in [1.82, 2.24) is 4.90 Å². The van der Waals surface area contributed by atoms with Crippen LogP contribution in [0.1, 0.15) is 29.3 Å². The molecule has 5 nitrogen and oxygen atoms in total. The molecule has 104 valence electrons. The first-order chi connectivity index (χ1) is 9.06. The second-order valence-electron chi connectivity index (χ2n) is 4.35. The van der Waals surface area contributed by atoms with E-state index < -0.39 is 5.91 Å². The Morgan fingerprint density at radius 1 is 1.37 bits per heavy atom. The Kier molecular flexibility index (Phi) is 6.02. The minimum absolute atomic E-state index is 0.241. The summed E-state index contributed by atoms with van der Waals surface area (Å²) < 4.78 is 4.67. The molecule has 0 radical (unpaired) electrons. The van der Waals surface area contributed by atoms with Crippen LogP contribution in [0.3, 0.4) is 0 Å². The first-order valence-electron chi connectivity index (χ1n) is 6.24. The van der Waals surface area contributed by atoms with Crippen LogP contribution in [-0.4, -0.2) is 37.0 Å². The first-order valence-corrected chi connectivity index (χ1v) is 6.24. The number of hydrogen-bond acceptors (Lipinski definition) is 4. The Hall–Kier alpha value is -1.88. The summed E-state index contributed by atoms with van der Waals surface area (Å²) in [6.07, 6.45) is 0.937. The van der Waals surface area contributed by atoms with Crippen LogP contribution in [0, 0.1) is 0 Å². The van der Waals surface area contributed by atoms with Gasteiger partial charge in [-0.2, -0.15) is 0 Å². The summed E-state index contributed by atoms with van der Waals surface area (Å²) in [5.74, 6) is -0.712. The summed E-state index contributed by atoms with van der Waals surface area (Å²) in [4.78, 5) is 24.4. The summed E-state index contributed by atoms with van der Waals surface area (Å²) in [7, 11) is 1.38. The van der Waals surface area contributed by atoms with Crippen LogP contribution in [-0.2, 0) is 16.1 Å². The van der Waals surface area contributed by atoms with Gasteiger partial charge >= 0.3 is 5.97 Å². The smallest absolute Gasteiger partial charge is 0.319 e. The minimum Gasteiger partial charge on any atom is -0.468 e. The van der Waals surface area contributed by atoms with Gasteiger partial charge in [-0.3, -0.25) is 14.5 Å². The van der Waals surface area contributed by atoms with Gasteiger partial charge in [0, 0.05) is 12.1 Å². The second-order valence-corrected chi connectivity index (χ2v) is 4.35. The van der Waals surface area contributed by atoms with E-state index >= 15 is 0 Å². The van der Waals surface area contributed by atoms with E-state index in [9.17, 15) is 9.59 Å². The predicted octanol–water partition coefficient (Wildman–Crippen LogP) is 1.17. The van der Waals surface area contributed by atoms with E-state index in [1.165, 1.54) is 7.11 Å². The molecule has 0 aliphatic heterocycles. The number of ether oxygens (including phenoxy) is 1. The van der Waals surface area contributed by atoms with Crippen molar-refractivity contribution in [3.05, 3.63) is 35.4 Å². The molecule has 1 aromatic carbocycles. The maximum Gasteiger partial charge on any atom is 0.319 e. The molecular weight excluding hydrogens is 244 g/mol. The van der Waals surface area contributed by atoms with Gasteiger partial charge in [0.15, 0.2) is 0 Å². The quantitative estimate of drug-likeness (QED) is 0.750. The number of rotatable bonds is 7. The van der Waals surface area contributed by atoms with Crippen LogP contribution < -0.4 is 5.73 Å². The van der Waals surface area contributed by atoms with Crippen LogP contribution in [0.15, 0.2) is 24.3 Å². The lowest BCUT2D eigenvalue weighted by Gasteiger charge is -2.20. The molecule has 5 heteroatoms. The summed E-state index contributed by atoms with van der Waals surface area (Å²) in [6, 6.07) is 7.13. The van der Waals surface area contributed by atoms with Gasteiger partial charge in [0.1, 0.15) is 0 Å². The molecule has 0 aliphatic carbocycles. The monoisotopic (exact) mass is 264 g/mol. The SMILES string of the molecule is CCCN(CC(=O)OC)Cc1cccc(C(N)=O)c1. The van der Waals surface area contributed by atoms with E-state index in [-0.39, 0.29) is 12.5 Å². The Morgan fingerprint density at radius 3 is 2.68 bits per heavy atom. The molecule has 0 fully saturated rings. The highest BCUT2D eigenvalue weighted by Gasteiger charge is 2.11. The van der Waals surface area contributed by atoms with Gasteiger partial charge < -0.3 is 10.5 Å². The van der Waals surface area contributed by atoms with Crippen molar-refractivity contribution in [2.75, 3.05) is 20.2 Å². The van der Waals surface area contributed by atoms with Crippen molar-refractivity contribution in [3.8, 4) is 0 Å². The summed E-state index contributed by atoms with van der Waals surface area (Å²) in [6.45, 7) is 3.66. The molecule has 0 unspecified atom stereocenters. The van der Waals surface area contributed by atoms with Gasteiger partial charge in [-0.1, -0.05) is 19.1 Å². The molecular formula is C14H20N2O3. The van der Waals surface area contributed by atoms with E-state index in [1.54, 1.807) is 18.2 Å². The molecule has 0 aliphatic rings. The number of hydrogen-bond donors (Lipinski definition) is 1. The number of carbonyl (C=O) groups is 2. The van der Waals surface area contributed by atoms with E-state index in [0.29, 0.717) is 12.1 Å². The lowest BCUT2D eigenvalue weighted by Crippen LogP contribution is -2.31. The molecule has 0 saturated carbocycles. The maximum atomic E-state index is 11.3. The van der Waals surface area contributed by atoms with Crippen molar-refractivity contribution in [2.45, 2.75) is 19.9 Å². The molecule has 19 heavy (non-hydrogen) atoms. The van der Waals surface area contributed by atoms with E-state index in [0.717, 1.165) is 18.5 Å². The molecule has 1 amide bonds. The van der Waals surface area contributed by atoms with Crippen LogP contribution in [0.25, 0.3) is 0 Å². The Bertz CT molecular complexity index is 446.